The van der Waals surface area contributed by atoms with E-state index >= 15 is 0 Å². The minimum Gasteiger partial charge on any atom is -0.360 e. The zero-order chi connectivity index (χ0) is 13.1. The third kappa shape index (κ3) is 4.62. The average Bonchev–Trinajstić information content (AvgIpc) is 2.64. The number of hydrogen-bond acceptors (Lipinski definition) is 4. The molecule has 0 aromatic carbocycles. The van der Waals surface area contributed by atoms with Gasteiger partial charge in [0.25, 0.3) is 0 Å². The molecule has 2 atom stereocenters. The highest BCUT2D eigenvalue weighted by atomic mass is 31.2. The molecule has 2 unspecified atom stereocenters. The first-order valence-electron chi connectivity index (χ1n) is 5.79. The summed E-state index contributed by atoms with van der Waals surface area (Å²) >= 11 is 0. The largest absolute Gasteiger partial charge is 0.360 e. The Hall–Kier alpha value is -0.640. The van der Waals surface area contributed by atoms with Crippen LogP contribution in [0, 0.1) is 0 Å². The molecule has 0 aliphatic carbocycles. The van der Waals surface area contributed by atoms with Crippen LogP contribution in [0.1, 0.15) is 51.5 Å². The molecule has 0 aliphatic rings. The van der Waals surface area contributed by atoms with Crippen LogP contribution in [0.3, 0.4) is 0 Å². The lowest BCUT2D eigenvalue weighted by Crippen LogP contribution is -2.05. The maximum absolute atomic E-state index is 11.8. The Morgan fingerprint density at radius 2 is 2.18 bits per heavy atom. The summed E-state index contributed by atoms with van der Waals surface area (Å²) in [5.41, 5.74) is 0.781. The van der Waals surface area contributed by atoms with Crippen molar-refractivity contribution in [2.24, 2.45) is 0 Å². The Morgan fingerprint density at radius 1 is 1.53 bits per heavy atom. The van der Waals surface area contributed by atoms with Gasteiger partial charge in [-0.1, -0.05) is 25.9 Å². The van der Waals surface area contributed by atoms with Crippen LogP contribution in [-0.2, 0) is 15.3 Å². The van der Waals surface area contributed by atoms with E-state index in [0.29, 0.717) is 12.2 Å². The fourth-order valence-electron chi connectivity index (χ4n) is 1.27. The van der Waals surface area contributed by atoms with Crippen molar-refractivity contribution in [2.75, 3.05) is 0 Å². The highest BCUT2D eigenvalue weighted by Gasteiger charge is 2.25. The van der Waals surface area contributed by atoms with Gasteiger partial charge in [-0.05, 0) is 19.3 Å². The number of nitrogens with zero attached hydrogens (tertiary/aromatic N) is 1. The van der Waals surface area contributed by atoms with E-state index in [9.17, 15) is 9.46 Å². The van der Waals surface area contributed by atoms with Crippen LogP contribution in [0.25, 0.3) is 0 Å². The van der Waals surface area contributed by atoms with Crippen LogP contribution in [0.15, 0.2) is 10.6 Å². The zero-order valence-corrected chi connectivity index (χ0v) is 11.6. The van der Waals surface area contributed by atoms with Crippen molar-refractivity contribution < 1.29 is 18.5 Å². The first kappa shape index (κ1) is 14.4. The summed E-state index contributed by atoms with van der Waals surface area (Å²) in [6, 6.07) is 1.70. The first-order chi connectivity index (χ1) is 7.84. The average molecular weight is 261 g/mol. The van der Waals surface area contributed by atoms with E-state index in [1.807, 2.05) is 20.8 Å². The fraction of sp³-hybridized carbons (Fsp3) is 0.727. The van der Waals surface area contributed by atoms with Gasteiger partial charge in [0.05, 0.1) is 11.8 Å². The monoisotopic (exact) mass is 261 g/mol. The smallest absolute Gasteiger partial charge is 0.336 e. The summed E-state index contributed by atoms with van der Waals surface area (Å²) in [6.07, 6.45) is 0.327. The van der Waals surface area contributed by atoms with E-state index in [2.05, 4.69) is 5.16 Å². The van der Waals surface area contributed by atoms with Gasteiger partial charge < -0.3 is 13.9 Å². The molecule has 6 heteroatoms. The van der Waals surface area contributed by atoms with E-state index in [0.717, 1.165) is 5.69 Å². The molecule has 0 aliphatic heterocycles. The molecule has 1 heterocycles. The van der Waals surface area contributed by atoms with Gasteiger partial charge in [0, 0.05) is 6.07 Å². The van der Waals surface area contributed by atoms with Crippen LogP contribution < -0.4 is 0 Å². The molecule has 0 spiro atoms. The van der Waals surface area contributed by atoms with E-state index in [-0.39, 0.29) is 18.2 Å². The first-order valence-corrected chi connectivity index (χ1v) is 7.56. The predicted octanol–water partition coefficient (Wildman–Crippen LogP) is 3.30. The molecular formula is C11H20NO4P. The fourth-order valence-corrected chi connectivity index (χ4v) is 2.59. The molecule has 1 aromatic rings. The van der Waals surface area contributed by atoms with Gasteiger partial charge in [-0.3, -0.25) is 4.57 Å². The Morgan fingerprint density at radius 3 is 2.65 bits per heavy atom. The third-order valence-corrected chi connectivity index (χ3v) is 3.84. The second-order valence-electron chi connectivity index (χ2n) is 4.49. The third-order valence-electron chi connectivity index (χ3n) is 2.44. The molecule has 1 rings (SSSR count). The van der Waals surface area contributed by atoms with Crippen molar-refractivity contribution in [3.63, 3.8) is 0 Å². The molecule has 5 nitrogen and oxygen atoms in total. The Labute approximate surface area is 102 Å². The summed E-state index contributed by atoms with van der Waals surface area (Å²) in [4.78, 5) is 9.66. The lowest BCUT2D eigenvalue weighted by Gasteiger charge is -2.15. The van der Waals surface area contributed by atoms with Crippen molar-refractivity contribution in [1.82, 2.24) is 5.16 Å². The Balaban J connectivity index is 2.66. The Kier molecular flexibility index (Phi) is 4.92. The van der Waals surface area contributed by atoms with Crippen molar-refractivity contribution in [1.29, 1.82) is 0 Å². The summed E-state index contributed by atoms with van der Waals surface area (Å²) in [5.74, 6) is 0.629. The van der Waals surface area contributed by atoms with Gasteiger partial charge in [-0.15, -0.1) is 0 Å². The van der Waals surface area contributed by atoms with E-state index < -0.39 is 7.60 Å². The normalized spacial score (nSPS) is 17.1. The SMILES string of the molecule is CCC(C)OP(=O)(O)Cc1cc(C(C)C)no1. The zero-order valence-electron chi connectivity index (χ0n) is 10.7. The van der Waals surface area contributed by atoms with Gasteiger partial charge in [0.2, 0.25) is 0 Å². The topological polar surface area (TPSA) is 72.6 Å². The van der Waals surface area contributed by atoms with E-state index in [4.69, 9.17) is 9.05 Å². The van der Waals surface area contributed by atoms with Crippen LogP contribution in [0.5, 0.6) is 0 Å². The van der Waals surface area contributed by atoms with Crippen LogP contribution in [0.4, 0.5) is 0 Å². The predicted molar refractivity (Wildman–Crippen MR) is 65.0 cm³/mol. The molecule has 0 saturated heterocycles. The summed E-state index contributed by atoms with van der Waals surface area (Å²) in [6.45, 7) is 7.63. The summed E-state index contributed by atoms with van der Waals surface area (Å²) in [5, 5.41) is 3.84. The minimum absolute atomic E-state index is 0.128. The van der Waals surface area contributed by atoms with Gasteiger partial charge in [-0.25, -0.2) is 0 Å². The highest BCUT2D eigenvalue weighted by Crippen LogP contribution is 2.47. The van der Waals surface area contributed by atoms with Crippen LogP contribution in [0.2, 0.25) is 0 Å². The molecular weight excluding hydrogens is 241 g/mol. The van der Waals surface area contributed by atoms with Crippen LogP contribution >= 0.6 is 7.60 Å². The molecule has 1 N–H and O–H groups in total. The van der Waals surface area contributed by atoms with Crippen molar-refractivity contribution in [3.05, 3.63) is 17.5 Å². The second kappa shape index (κ2) is 5.80. The van der Waals surface area contributed by atoms with Crippen molar-refractivity contribution in [3.8, 4) is 0 Å². The molecule has 17 heavy (non-hydrogen) atoms. The number of rotatable bonds is 6. The lowest BCUT2D eigenvalue weighted by molar-refractivity contribution is 0.183. The molecule has 0 saturated carbocycles. The standard InChI is InChI=1S/C11H20NO4P/c1-5-9(4)16-17(13,14)7-10-6-11(8(2)3)12-15-10/h6,8-9H,5,7H2,1-4H3,(H,13,14). The maximum atomic E-state index is 11.8. The summed E-state index contributed by atoms with van der Waals surface area (Å²) < 4.78 is 21.9. The second-order valence-corrected chi connectivity index (χ2v) is 6.29. The molecule has 0 bridgehead atoms. The Bertz CT molecular complexity index is 402. The minimum atomic E-state index is -3.64. The number of aromatic nitrogens is 1. The van der Waals surface area contributed by atoms with Gasteiger partial charge in [0.1, 0.15) is 11.9 Å². The maximum Gasteiger partial charge on any atom is 0.336 e. The molecule has 0 amide bonds. The van der Waals surface area contributed by atoms with Crippen LogP contribution in [-0.4, -0.2) is 16.2 Å². The molecule has 0 fully saturated rings. The van der Waals surface area contributed by atoms with Gasteiger partial charge in [0.15, 0.2) is 0 Å². The van der Waals surface area contributed by atoms with Crippen molar-refractivity contribution >= 4 is 7.60 Å². The highest BCUT2D eigenvalue weighted by molar-refractivity contribution is 7.51. The van der Waals surface area contributed by atoms with Crippen molar-refractivity contribution in [2.45, 2.75) is 52.3 Å². The lowest BCUT2D eigenvalue weighted by atomic mass is 10.1. The number of hydrogen-bond donors (Lipinski definition) is 1. The van der Waals surface area contributed by atoms with E-state index in [1.165, 1.54) is 0 Å². The summed E-state index contributed by atoms with van der Waals surface area (Å²) in [7, 11) is -3.64. The van der Waals surface area contributed by atoms with E-state index in [1.54, 1.807) is 13.0 Å². The molecule has 0 radical (unpaired) electrons. The molecule has 1 aromatic heterocycles. The molecule has 98 valence electrons. The quantitative estimate of drug-likeness (QED) is 0.795. The van der Waals surface area contributed by atoms with Gasteiger partial charge >= 0.3 is 7.60 Å². The van der Waals surface area contributed by atoms with Gasteiger partial charge in [-0.2, -0.15) is 0 Å².